The van der Waals surface area contributed by atoms with Gasteiger partial charge in [-0.2, -0.15) is 0 Å². The molecule has 0 saturated heterocycles. The maximum atomic E-state index is 13.3. The lowest BCUT2D eigenvalue weighted by molar-refractivity contribution is -0.141. The molecule has 1 atom stereocenters. The van der Waals surface area contributed by atoms with Crippen LogP contribution in [0.5, 0.6) is 11.5 Å². The lowest BCUT2D eigenvalue weighted by Gasteiger charge is -2.22. The summed E-state index contributed by atoms with van der Waals surface area (Å²) in [4.78, 5) is 36.8. The van der Waals surface area contributed by atoms with E-state index in [-0.39, 0.29) is 17.7 Å². The second-order valence-electron chi connectivity index (χ2n) is 7.11. The molecule has 31 heavy (non-hydrogen) atoms. The van der Waals surface area contributed by atoms with Crippen molar-refractivity contribution in [1.82, 2.24) is 4.57 Å². The number of aliphatic carboxylic acids is 1. The average Bonchev–Trinajstić information content (AvgIpc) is 2.74. The molecule has 1 aromatic heterocycles. The Bertz CT molecular complexity index is 1210. The third-order valence-electron chi connectivity index (χ3n) is 5.28. The van der Waals surface area contributed by atoms with Crippen LogP contribution in [0.1, 0.15) is 29.2 Å². The highest BCUT2D eigenvalue weighted by Crippen LogP contribution is 2.38. The quantitative estimate of drug-likeness (QED) is 0.559. The Hall–Kier alpha value is -3.81. The lowest BCUT2D eigenvalue weighted by atomic mass is 9.85. The molecule has 162 valence electrons. The first-order chi connectivity index (χ1) is 14.8. The van der Waals surface area contributed by atoms with Crippen molar-refractivity contribution in [1.29, 1.82) is 0 Å². The largest absolute Gasteiger partial charge is 0.507 e. The number of methoxy groups -OCH3 is 2. The molecular formula is C23H23NO7. The first-order valence-electron chi connectivity index (χ1n) is 9.56. The Balaban J connectivity index is 2.33. The van der Waals surface area contributed by atoms with Crippen LogP contribution >= 0.6 is 0 Å². The number of carbonyl (C=O) groups excluding carboxylic acids is 1. The molecule has 0 aliphatic rings. The molecule has 0 aliphatic carbocycles. The zero-order chi connectivity index (χ0) is 22.7. The Morgan fingerprint density at radius 3 is 2.39 bits per heavy atom. The molecule has 3 aromatic rings. The molecule has 0 fully saturated rings. The number of aromatic hydroxyl groups is 1. The van der Waals surface area contributed by atoms with E-state index >= 15 is 0 Å². The number of carboxylic acids is 1. The predicted octanol–water partition coefficient (Wildman–Crippen LogP) is 2.80. The van der Waals surface area contributed by atoms with Crippen LogP contribution in [0, 0.1) is 6.92 Å². The van der Waals surface area contributed by atoms with E-state index in [0.29, 0.717) is 17.0 Å². The third-order valence-corrected chi connectivity index (χ3v) is 5.28. The van der Waals surface area contributed by atoms with Crippen LogP contribution in [-0.2, 0) is 20.9 Å². The van der Waals surface area contributed by atoms with E-state index in [4.69, 9.17) is 9.47 Å². The summed E-state index contributed by atoms with van der Waals surface area (Å²) in [5.74, 6) is -2.32. The van der Waals surface area contributed by atoms with Crippen LogP contribution in [0.4, 0.5) is 0 Å². The first-order valence-corrected chi connectivity index (χ1v) is 9.56. The summed E-state index contributed by atoms with van der Waals surface area (Å²) in [5, 5.41) is 21.4. The molecule has 0 amide bonds. The number of carbonyl (C=O) groups is 2. The van der Waals surface area contributed by atoms with Crippen LogP contribution < -0.4 is 10.3 Å². The number of benzene rings is 2. The number of aryl methyl sites for hydroxylation is 1. The van der Waals surface area contributed by atoms with Crippen molar-refractivity contribution >= 4 is 22.7 Å². The second-order valence-corrected chi connectivity index (χ2v) is 7.11. The summed E-state index contributed by atoms with van der Waals surface area (Å²) in [7, 11) is 2.78. The number of hydrogen-bond acceptors (Lipinski definition) is 6. The SMILES string of the molecule is COC(=O)C[C@@H](c1c(O)cc(C)n(CC(=O)O)c1=O)c1ccc(OC)c2ccccc12. The van der Waals surface area contributed by atoms with E-state index in [1.807, 2.05) is 24.3 Å². The molecule has 0 saturated carbocycles. The van der Waals surface area contributed by atoms with Gasteiger partial charge in [-0.25, -0.2) is 0 Å². The van der Waals surface area contributed by atoms with Gasteiger partial charge in [-0.15, -0.1) is 0 Å². The number of hydrogen-bond donors (Lipinski definition) is 2. The Labute approximate surface area is 178 Å². The maximum absolute atomic E-state index is 13.3. The highest BCUT2D eigenvalue weighted by atomic mass is 16.5. The van der Waals surface area contributed by atoms with E-state index in [1.54, 1.807) is 19.2 Å². The van der Waals surface area contributed by atoms with E-state index in [9.17, 15) is 24.6 Å². The molecule has 3 rings (SSSR count). The van der Waals surface area contributed by atoms with Gasteiger partial charge < -0.3 is 24.3 Å². The van der Waals surface area contributed by atoms with Crippen molar-refractivity contribution in [2.75, 3.05) is 14.2 Å². The molecular weight excluding hydrogens is 402 g/mol. The molecule has 8 heteroatoms. The van der Waals surface area contributed by atoms with Crippen LogP contribution in [0.25, 0.3) is 10.8 Å². The van der Waals surface area contributed by atoms with E-state index in [2.05, 4.69) is 0 Å². The average molecular weight is 425 g/mol. The van der Waals surface area contributed by atoms with Crippen molar-refractivity contribution in [3.63, 3.8) is 0 Å². The normalized spacial score (nSPS) is 11.8. The standard InChI is InChI=1S/C23H23NO7/c1-13-10-18(25)22(23(29)24(13)12-20(26)27)17(11-21(28)31-3)15-8-9-19(30-2)16-7-5-4-6-14(15)16/h4-10,17,25H,11-12H2,1-3H3,(H,26,27)/t17-/m1/s1. The van der Waals surface area contributed by atoms with E-state index in [0.717, 1.165) is 15.3 Å². The number of ether oxygens (including phenoxy) is 2. The van der Waals surface area contributed by atoms with Crippen molar-refractivity contribution < 1.29 is 29.3 Å². The highest BCUT2D eigenvalue weighted by Gasteiger charge is 2.28. The van der Waals surface area contributed by atoms with Gasteiger partial charge >= 0.3 is 11.9 Å². The minimum absolute atomic E-state index is 0.0624. The van der Waals surface area contributed by atoms with Gasteiger partial charge in [0.2, 0.25) is 0 Å². The highest BCUT2D eigenvalue weighted by molar-refractivity contribution is 5.92. The van der Waals surface area contributed by atoms with Crippen LogP contribution in [-0.4, -0.2) is 40.9 Å². The van der Waals surface area contributed by atoms with Gasteiger partial charge in [0.05, 0.1) is 26.2 Å². The Kier molecular flexibility index (Phi) is 6.29. The predicted molar refractivity (Wildman–Crippen MR) is 114 cm³/mol. The number of fused-ring (bicyclic) bond motifs is 1. The van der Waals surface area contributed by atoms with Gasteiger partial charge in [0.15, 0.2) is 0 Å². The minimum Gasteiger partial charge on any atom is -0.507 e. The van der Waals surface area contributed by atoms with Gasteiger partial charge in [0, 0.05) is 17.0 Å². The zero-order valence-electron chi connectivity index (χ0n) is 17.4. The number of pyridine rings is 1. The Morgan fingerprint density at radius 2 is 1.77 bits per heavy atom. The molecule has 0 spiro atoms. The summed E-state index contributed by atoms with van der Waals surface area (Å²) >= 11 is 0. The van der Waals surface area contributed by atoms with Gasteiger partial charge in [-0.1, -0.05) is 30.3 Å². The summed E-state index contributed by atoms with van der Waals surface area (Å²) in [6.07, 6.45) is -0.217. The summed E-state index contributed by atoms with van der Waals surface area (Å²) in [5.41, 5.74) is 0.172. The number of nitrogens with zero attached hydrogens (tertiary/aromatic N) is 1. The van der Waals surface area contributed by atoms with Crippen LogP contribution in [0.2, 0.25) is 0 Å². The van der Waals surface area contributed by atoms with Gasteiger partial charge in [-0.05, 0) is 30.0 Å². The number of aromatic nitrogens is 1. The first kappa shape index (κ1) is 21.9. The van der Waals surface area contributed by atoms with Crippen LogP contribution in [0.15, 0.2) is 47.3 Å². The van der Waals surface area contributed by atoms with Crippen LogP contribution in [0.3, 0.4) is 0 Å². The summed E-state index contributed by atoms with van der Waals surface area (Å²) < 4.78 is 11.3. The molecule has 1 heterocycles. The molecule has 0 aliphatic heterocycles. The smallest absolute Gasteiger partial charge is 0.323 e. The van der Waals surface area contributed by atoms with E-state index in [1.165, 1.54) is 20.1 Å². The van der Waals surface area contributed by atoms with E-state index < -0.39 is 30.0 Å². The molecule has 2 N–H and O–H groups in total. The van der Waals surface area contributed by atoms with Crippen molar-refractivity contribution in [3.8, 4) is 11.5 Å². The maximum Gasteiger partial charge on any atom is 0.323 e. The Morgan fingerprint density at radius 1 is 1.10 bits per heavy atom. The topological polar surface area (TPSA) is 115 Å². The molecule has 0 radical (unpaired) electrons. The fourth-order valence-electron chi connectivity index (χ4n) is 3.82. The summed E-state index contributed by atoms with van der Waals surface area (Å²) in [6.45, 7) is 0.970. The number of rotatable bonds is 7. The fourth-order valence-corrected chi connectivity index (χ4v) is 3.82. The van der Waals surface area contributed by atoms with Gasteiger partial charge in [0.1, 0.15) is 18.0 Å². The summed E-state index contributed by atoms with van der Waals surface area (Å²) in [6, 6.07) is 12.1. The van der Waals surface area contributed by atoms with Crippen molar-refractivity contribution in [2.24, 2.45) is 0 Å². The van der Waals surface area contributed by atoms with Crippen molar-refractivity contribution in [2.45, 2.75) is 25.8 Å². The van der Waals surface area contributed by atoms with Gasteiger partial charge in [-0.3, -0.25) is 14.4 Å². The molecule has 2 aromatic carbocycles. The second kappa shape index (κ2) is 8.91. The fraction of sp³-hybridized carbons (Fsp3) is 0.261. The zero-order valence-corrected chi connectivity index (χ0v) is 17.4. The van der Waals surface area contributed by atoms with Gasteiger partial charge in [0.25, 0.3) is 5.56 Å². The van der Waals surface area contributed by atoms with Crippen molar-refractivity contribution in [3.05, 3.63) is 69.6 Å². The molecule has 0 bridgehead atoms. The molecule has 0 unspecified atom stereocenters. The lowest BCUT2D eigenvalue weighted by Crippen LogP contribution is -2.31. The molecule has 8 nitrogen and oxygen atoms in total. The number of esters is 1. The third kappa shape index (κ3) is 4.23. The number of carboxylic acid groups (broad SMARTS) is 1. The monoisotopic (exact) mass is 425 g/mol. The minimum atomic E-state index is -1.19.